The fraction of sp³-hybridized carbons (Fsp3) is 0.542. The molecule has 1 spiro atoms. The van der Waals surface area contributed by atoms with Crippen molar-refractivity contribution in [1.82, 2.24) is 24.8 Å². The molecule has 10 nitrogen and oxygen atoms in total. The van der Waals surface area contributed by atoms with Crippen LogP contribution in [0.5, 0.6) is 0 Å². The number of fused-ring (bicyclic) bond motifs is 2. The number of carbonyl (C=O) groups excluding carboxylic acids is 3. The number of hydrogen-bond acceptors (Lipinski definition) is 8. The number of aromatic nitrogens is 3. The maximum absolute atomic E-state index is 14.2. The van der Waals surface area contributed by atoms with E-state index in [1.807, 2.05) is 24.3 Å². The van der Waals surface area contributed by atoms with Gasteiger partial charge in [0, 0.05) is 18.3 Å². The fourth-order valence-corrected chi connectivity index (χ4v) is 8.22. The first-order chi connectivity index (χ1) is 17.0. The summed E-state index contributed by atoms with van der Waals surface area (Å²) in [5.41, 5.74) is 1.51. The summed E-state index contributed by atoms with van der Waals surface area (Å²) < 4.78 is 6.25. The second-order valence-corrected chi connectivity index (χ2v) is 10.7. The van der Waals surface area contributed by atoms with Crippen molar-refractivity contribution in [1.29, 1.82) is 0 Å². The molecule has 2 bridgehead atoms. The van der Waals surface area contributed by atoms with Crippen molar-refractivity contribution in [3.8, 4) is 0 Å². The van der Waals surface area contributed by atoms with Crippen molar-refractivity contribution in [3.05, 3.63) is 36.9 Å². The number of carbonyl (C=O) groups is 3. The minimum Gasteiger partial charge on any atom is -0.466 e. The van der Waals surface area contributed by atoms with Crippen LogP contribution in [-0.4, -0.2) is 90.0 Å². The van der Waals surface area contributed by atoms with E-state index in [0.29, 0.717) is 6.42 Å². The second-order valence-electron chi connectivity index (χ2n) is 9.13. The van der Waals surface area contributed by atoms with Crippen molar-refractivity contribution in [3.63, 3.8) is 0 Å². The summed E-state index contributed by atoms with van der Waals surface area (Å²) in [7, 11) is 0. The smallest absolute Gasteiger partial charge is 0.310 e. The number of amides is 2. The van der Waals surface area contributed by atoms with Crippen molar-refractivity contribution >= 4 is 40.6 Å². The Morgan fingerprint density at radius 2 is 2.20 bits per heavy atom. The van der Waals surface area contributed by atoms with E-state index in [2.05, 4.69) is 16.9 Å². The SMILES string of the molecule is C=CCN(Cn1nnc2ccccc21)C(=O)C1N(CCO)C(=O)[C@@H]2[C@@H](C(=O)OCC)[C@H]3CCC12S3. The van der Waals surface area contributed by atoms with E-state index in [1.54, 1.807) is 34.3 Å². The Labute approximate surface area is 207 Å². The van der Waals surface area contributed by atoms with E-state index in [0.717, 1.165) is 17.5 Å². The van der Waals surface area contributed by atoms with Crippen LogP contribution in [0.1, 0.15) is 19.8 Å². The third-order valence-corrected chi connectivity index (χ3v) is 9.27. The molecule has 1 N–H and O–H groups in total. The number of para-hydroxylation sites is 1. The average molecular weight is 500 g/mol. The van der Waals surface area contributed by atoms with Gasteiger partial charge in [-0.25, -0.2) is 4.68 Å². The van der Waals surface area contributed by atoms with Gasteiger partial charge in [-0.1, -0.05) is 23.4 Å². The van der Waals surface area contributed by atoms with Crippen molar-refractivity contribution in [2.24, 2.45) is 11.8 Å². The van der Waals surface area contributed by atoms with Crippen LogP contribution in [-0.2, 0) is 25.8 Å². The molecule has 3 aliphatic rings. The molecule has 5 atom stereocenters. The van der Waals surface area contributed by atoms with E-state index >= 15 is 0 Å². The average Bonchev–Trinajstić information content (AvgIpc) is 3.59. The third-order valence-electron chi connectivity index (χ3n) is 7.32. The lowest BCUT2D eigenvalue weighted by molar-refractivity contribution is -0.153. The van der Waals surface area contributed by atoms with Crippen molar-refractivity contribution < 1.29 is 24.2 Å². The van der Waals surface area contributed by atoms with Gasteiger partial charge in [0.15, 0.2) is 0 Å². The molecule has 4 heterocycles. The van der Waals surface area contributed by atoms with Gasteiger partial charge >= 0.3 is 5.97 Å². The molecule has 0 saturated carbocycles. The summed E-state index contributed by atoms with van der Waals surface area (Å²) in [5, 5.41) is 18.1. The Balaban J connectivity index is 1.50. The minimum atomic E-state index is -0.795. The Hall–Kier alpha value is -2.92. The normalized spacial score (nSPS) is 29.0. The predicted molar refractivity (Wildman–Crippen MR) is 129 cm³/mol. The zero-order valence-corrected chi connectivity index (χ0v) is 20.4. The number of hydrogen-bond donors (Lipinski definition) is 1. The van der Waals surface area contributed by atoms with E-state index < -0.39 is 22.6 Å². The van der Waals surface area contributed by atoms with Gasteiger partial charge in [-0.15, -0.1) is 23.4 Å². The first-order valence-electron chi connectivity index (χ1n) is 11.9. The molecule has 35 heavy (non-hydrogen) atoms. The van der Waals surface area contributed by atoms with E-state index in [9.17, 15) is 19.5 Å². The van der Waals surface area contributed by atoms with Crippen LogP contribution in [0.2, 0.25) is 0 Å². The van der Waals surface area contributed by atoms with Gasteiger partial charge in [0.1, 0.15) is 18.2 Å². The summed E-state index contributed by atoms with van der Waals surface area (Å²) in [6.07, 6.45) is 3.03. The van der Waals surface area contributed by atoms with Crippen LogP contribution in [0, 0.1) is 11.8 Å². The van der Waals surface area contributed by atoms with Crippen LogP contribution in [0.25, 0.3) is 11.0 Å². The zero-order chi connectivity index (χ0) is 24.7. The molecule has 11 heteroatoms. The maximum Gasteiger partial charge on any atom is 0.310 e. The predicted octanol–water partition coefficient (Wildman–Crippen LogP) is 1.05. The summed E-state index contributed by atoms with van der Waals surface area (Å²) in [5.74, 6) is -2.09. The number of rotatable bonds is 9. The molecule has 0 aliphatic carbocycles. The highest BCUT2D eigenvalue weighted by Gasteiger charge is 2.74. The number of thioether (sulfide) groups is 1. The monoisotopic (exact) mass is 499 g/mol. The molecule has 0 radical (unpaired) electrons. The van der Waals surface area contributed by atoms with Gasteiger partial charge in [-0.2, -0.15) is 0 Å². The third kappa shape index (κ3) is 3.63. The minimum absolute atomic E-state index is 0.0302. The van der Waals surface area contributed by atoms with Gasteiger partial charge in [0.2, 0.25) is 11.8 Å². The first kappa shape index (κ1) is 23.8. The molecule has 1 aromatic heterocycles. The summed E-state index contributed by atoms with van der Waals surface area (Å²) in [6, 6.07) is 6.70. The summed E-state index contributed by atoms with van der Waals surface area (Å²) in [4.78, 5) is 43.7. The molecule has 1 aromatic carbocycles. The molecule has 3 aliphatic heterocycles. The number of aliphatic hydroxyl groups excluding tert-OH is 1. The number of nitrogens with zero attached hydrogens (tertiary/aromatic N) is 5. The zero-order valence-electron chi connectivity index (χ0n) is 19.6. The molecule has 186 valence electrons. The van der Waals surface area contributed by atoms with E-state index in [-0.39, 0.29) is 56.0 Å². The summed E-state index contributed by atoms with van der Waals surface area (Å²) in [6.45, 7) is 5.94. The fourth-order valence-electron chi connectivity index (χ4n) is 6.02. The number of aliphatic hydroxyl groups is 1. The van der Waals surface area contributed by atoms with Gasteiger partial charge in [0.05, 0.1) is 35.3 Å². The van der Waals surface area contributed by atoms with Gasteiger partial charge in [0.25, 0.3) is 0 Å². The van der Waals surface area contributed by atoms with Gasteiger partial charge < -0.3 is 19.6 Å². The van der Waals surface area contributed by atoms with E-state index in [4.69, 9.17) is 4.74 Å². The largest absolute Gasteiger partial charge is 0.466 e. The Morgan fingerprint density at radius 1 is 1.40 bits per heavy atom. The maximum atomic E-state index is 14.2. The second kappa shape index (κ2) is 9.27. The quantitative estimate of drug-likeness (QED) is 0.402. The van der Waals surface area contributed by atoms with E-state index in [1.165, 1.54) is 4.90 Å². The number of likely N-dealkylation sites (tertiary alicyclic amines) is 1. The number of benzene rings is 1. The molecule has 2 unspecified atom stereocenters. The molecular weight excluding hydrogens is 470 g/mol. The van der Waals surface area contributed by atoms with Crippen LogP contribution in [0.15, 0.2) is 36.9 Å². The molecule has 2 aromatic rings. The highest BCUT2D eigenvalue weighted by molar-refractivity contribution is 8.02. The highest BCUT2D eigenvalue weighted by atomic mass is 32.2. The molecule has 5 rings (SSSR count). The lowest BCUT2D eigenvalue weighted by Crippen LogP contribution is -2.55. The van der Waals surface area contributed by atoms with Crippen LogP contribution < -0.4 is 0 Å². The number of β-amino-alcohol motifs (C(OH)–C–C–N with tert-alkyl or cyclic N) is 1. The lowest BCUT2D eigenvalue weighted by Gasteiger charge is -2.37. The molecule has 3 saturated heterocycles. The van der Waals surface area contributed by atoms with Gasteiger partial charge in [-0.05, 0) is 31.9 Å². The Bertz CT molecular complexity index is 1170. The summed E-state index contributed by atoms with van der Waals surface area (Å²) >= 11 is 1.57. The topological polar surface area (TPSA) is 118 Å². The first-order valence-corrected chi connectivity index (χ1v) is 12.8. The van der Waals surface area contributed by atoms with Crippen molar-refractivity contribution in [2.45, 2.75) is 42.5 Å². The van der Waals surface area contributed by atoms with Crippen LogP contribution in [0.3, 0.4) is 0 Å². The molecule has 3 fully saturated rings. The molecular formula is C24H29N5O5S. The van der Waals surface area contributed by atoms with Crippen LogP contribution >= 0.6 is 11.8 Å². The van der Waals surface area contributed by atoms with Crippen molar-refractivity contribution in [2.75, 3.05) is 26.3 Å². The van der Waals surface area contributed by atoms with Gasteiger partial charge in [-0.3, -0.25) is 14.4 Å². The standard InChI is InChI=1S/C24H29N5O5S/c1-3-11-27(14-29-16-8-6-5-7-15(16)25-26-29)22(32)20-24-10-9-17(35-24)18(23(33)34-4-2)19(24)21(31)28(20)12-13-30/h3,5-8,17-20,30H,1,4,9-14H2,2H3/t17-,18+,19+,20?,24?/m1/s1. The Morgan fingerprint density at radius 3 is 2.94 bits per heavy atom. The lowest BCUT2D eigenvalue weighted by atomic mass is 9.71. The number of ether oxygens (including phenoxy) is 1. The highest BCUT2D eigenvalue weighted by Crippen LogP contribution is 2.66. The Kier molecular flexibility index (Phi) is 6.30. The van der Waals surface area contributed by atoms with Crippen LogP contribution in [0.4, 0.5) is 0 Å². The number of esters is 1. The molecule has 2 amide bonds.